The second-order valence-electron chi connectivity index (χ2n) is 5.54. The lowest BCUT2D eigenvalue weighted by Gasteiger charge is -2.32. The maximum atomic E-state index is 13.8. The highest BCUT2D eigenvalue weighted by molar-refractivity contribution is 9.10. The van der Waals surface area contributed by atoms with Gasteiger partial charge in [0.1, 0.15) is 6.10 Å². The smallest absolute Gasteiger partial charge is 0.316 e. The molecule has 1 aromatic carbocycles. The summed E-state index contributed by atoms with van der Waals surface area (Å²) in [7, 11) is 0. The Morgan fingerprint density at radius 3 is 2.64 bits per heavy atom. The van der Waals surface area contributed by atoms with E-state index in [1.54, 1.807) is 0 Å². The minimum absolute atomic E-state index is 0.168. The van der Waals surface area contributed by atoms with Crippen LogP contribution < -0.4 is 4.74 Å². The summed E-state index contributed by atoms with van der Waals surface area (Å²) in [5.74, 6) is -5.18. The first-order valence-electron chi connectivity index (χ1n) is 7.52. The molecule has 1 saturated heterocycles. The van der Waals surface area contributed by atoms with Gasteiger partial charge in [0.2, 0.25) is 0 Å². The molecule has 1 amide bonds. The zero-order chi connectivity index (χ0) is 18.0. The molecule has 5 nitrogen and oxygen atoms in total. The molecule has 3 rings (SSSR count). The third-order valence-corrected chi connectivity index (χ3v) is 4.21. The minimum Gasteiger partial charge on any atom is -0.458 e. The van der Waals surface area contributed by atoms with Crippen molar-refractivity contribution in [3.8, 4) is 6.01 Å². The quantitative estimate of drug-likeness (QED) is 0.721. The molecule has 0 aliphatic carbocycles. The van der Waals surface area contributed by atoms with Crippen molar-refractivity contribution in [2.24, 2.45) is 0 Å². The largest absolute Gasteiger partial charge is 0.458 e. The molecule has 0 spiro atoms. The van der Waals surface area contributed by atoms with Crippen molar-refractivity contribution in [2.45, 2.75) is 18.9 Å². The first-order chi connectivity index (χ1) is 12.0. The van der Waals surface area contributed by atoms with E-state index in [1.807, 2.05) is 0 Å². The average molecular weight is 416 g/mol. The number of carbonyl (C=O) groups excluding carboxylic acids is 1. The lowest BCUT2D eigenvalue weighted by Crippen LogP contribution is -2.44. The van der Waals surface area contributed by atoms with E-state index in [1.165, 1.54) is 17.3 Å². The van der Waals surface area contributed by atoms with Crippen molar-refractivity contribution >= 4 is 21.8 Å². The molecule has 1 atom stereocenters. The number of amides is 1. The topological polar surface area (TPSA) is 55.3 Å². The molecule has 2 heterocycles. The number of carbonyl (C=O) groups is 1. The second-order valence-corrected chi connectivity index (χ2v) is 6.46. The molecule has 1 aromatic heterocycles. The van der Waals surface area contributed by atoms with Crippen LogP contribution in [0, 0.1) is 17.5 Å². The summed E-state index contributed by atoms with van der Waals surface area (Å²) in [6.07, 6.45) is 3.99. The third-order valence-electron chi connectivity index (χ3n) is 3.80. The van der Waals surface area contributed by atoms with E-state index in [-0.39, 0.29) is 18.7 Å². The van der Waals surface area contributed by atoms with E-state index in [4.69, 9.17) is 4.74 Å². The molecule has 132 valence electrons. The molecule has 0 unspecified atom stereocenters. The highest BCUT2D eigenvalue weighted by atomic mass is 79.9. The van der Waals surface area contributed by atoms with Gasteiger partial charge in [-0.3, -0.25) is 4.79 Å². The Labute approximate surface area is 150 Å². The van der Waals surface area contributed by atoms with Crippen LogP contribution in [0.3, 0.4) is 0 Å². The Morgan fingerprint density at radius 1 is 1.20 bits per heavy atom. The van der Waals surface area contributed by atoms with E-state index in [0.717, 1.165) is 12.1 Å². The highest BCUT2D eigenvalue weighted by Crippen LogP contribution is 2.21. The summed E-state index contributed by atoms with van der Waals surface area (Å²) in [5, 5.41) is 0. The molecule has 0 bridgehead atoms. The maximum Gasteiger partial charge on any atom is 0.316 e. The zero-order valence-electron chi connectivity index (χ0n) is 12.9. The Kier molecular flexibility index (Phi) is 5.22. The van der Waals surface area contributed by atoms with Gasteiger partial charge in [0, 0.05) is 18.9 Å². The first kappa shape index (κ1) is 17.7. The molecular formula is C16H13BrF3N3O2. The van der Waals surface area contributed by atoms with Crippen LogP contribution in [0.5, 0.6) is 6.01 Å². The Morgan fingerprint density at radius 2 is 1.92 bits per heavy atom. The van der Waals surface area contributed by atoms with E-state index in [2.05, 4.69) is 25.9 Å². The fourth-order valence-corrected chi connectivity index (χ4v) is 2.80. The van der Waals surface area contributed by atoms with Gasteiger partial charge in [0.05, 0.1) is 16.6 Å². The summed E-state index contributed by atoms with van der Waals surface area (Å²) in [6, 6.07) is 1.85. The van der Waals surface area contributed by atoms with Gasteiger partial charge < -0.3 is 9.64 Å². The minimum atomic E-state index is -1.65. The normalized spacial score (nSPS) is 17.4. The SMILES string of the molecule is O=C(c1ccc(F)c(F)c1F)N1CCC[C@@H](Oc2ncc(Br)cn2)C1. The molecule has 0 N–H and O–H groups in total. The maximum absolute atomic E-state index is 13.8. The average Bonchev–Trinajstić information content (AvgIpc) is 2.61. The number of nitrogens with zero attached hydrogens (tertiary/aromatic N) is 3. The van der Waals surface area contributed by atoms with Gasteiger partial charge in [-0.25, -0.2) is 23.1 Å². The Balaban J connectivity index is 1.71. The van der Waals surface area contributed by atoms with E-state index < -0.39 is 28.9 Å². The molecule has 0 saturated carbocycles. The third kappa shape index (κ3) is 3.92. The molecule has 9 heteroatoms. The molecule has 0 radical (unpaired) electrons. The number of benzene rings is 1. The summed E-state index contributed by atoms with van der Waals surface area (Å²) in [6.45, 7) is 0.551. The summed E-state index contributed by atoms with van der Waals surface area (Å²) in [4.78, 5) is 21.8. The van der Waals surface area contributed by atoms with Gasteiger partial charge in [-0.15, -0.1) is 0 Å². The number of halogens is 4. The number of aromatic nitrogens is 2. The van der Waals surface area contributed by atoms with E-state index in [9.17, 15) is 18.0 Å². The summed E-state index contributed by atoms with van der Waals surface area (Å²) >= 11 is 3.22. The number of ether oxygens (including phenoxy) is 1. The fourth-order valence-electron chi connectivity index (χ4n) is 2.59. The molecular weight excluding hydrogens is 403 g/mol. The molecule has 1 aliphatic heterocycles. The number of hydrogen-bond donors (Lipinski definition) is 0. The monoisotopic (exact) mass is 415 g/mol. The number of piperidine rings is 1. The van der Waals surface area contributed by atoms with E-state index in [0.29, 0.717) is 23.9 Å². The van der Waals surface area contributed by atoms with Crippen LogP contribution in [-0.2, 0) is 0 Å². The first-order valence-corrected chi connectivity index (χ1v) is 8.32. The summed E-state index contributed by atoms with van der Waals surface area (Å²) < 4.78 is 46.5. The van der Waals surface area contributed by atoms with Crippen LogP contribution in [0.2, 0.25) is 0 Å². The second kappa shape index (κ2) is 7.38. The van der Waals surface area contributed by atoms with Gasteiger partial charge in [-0.1, -0.05) is 0 Å². The van der Waals surface area contributed by atoms with Crippen LogP contribution >= 0.6 is 15.9 Å². The summed E-state index contributed by atoms with van der Waals surface area (Å²) in [5.41, 5.74) is -0.501. The standard InChI is InChI=1S/C16H13BrF3N3O2/c17-9-6-21-16(22-7-9)25-10-2-1-5-23(8-10)15(24)11-3-4-12(18)14(20)13(11)19/h3-4,6-7,10H,1-2,5,8H2/t10-/m1/s1. The Bertz CT molecular complexity index is 789. The van der Waals surface area contributed by atoms with Crippen molar-refractivity contribution in [3.63, 3.8) is 0 Å². The molecule has 1 fully saturated rings. The molecule has 1 aliphatic rings. The zero-order valence-corrected chi connectivity index (χ0v) is 14.5. The predicted molar refractivity (Wildman–Crippen MR) is 85.6 cm³/mol. The highest BCUT2D eigenvalue weighted by Gasteiger charge is 2.29. The lowest BCUT2D eigenvalue weighted by atomic mass is 10.1. The van der Waals surface area contributed by atoms with Crippen molar-refractivity contribution in [1.82, 2.24) is 14.9 Å². The van der Waals surface area contributed by atoms with Gasteiger partial charge in [0.15, 0.2) is 17.5 Å². The van der Waals surface area contributed by atoms with Gasteiger partial charge >= 0.3 is 6.01 Å². The van der Waals surface area contributed by atoms with Gasteiger partial charge in [0.25, 0.3) is 5.91 Å². The predicted octanol–water partition coefficient (Wildman–Crippen LogP) is 3.34. The van der Waals surface area contributed by atoms with Crippen molar-refractivity contribution < 1.29 is 22.7 Å². The van der Waals surface area contributed by atoms with Crippen LogP contribution in [-0.4, -0.2) is 40.0 Å². The number of rotatable bonds is 3. The van der Waals surface area contributed by atoms with E-state index >= 15 is 0 Å². The number of likely N-dealkylation sites (tertiary alicyclic amines) is 1. The van der Waals surface area contributed by atoms with Gasteiger partial charge in [-0.05, 0) is 40.9 Å². The van der Waals surface area contributed by atoms with Crippen LogP contribution in [0.25, 0.3) is 0 Å². The molecule has 25 heavy (non-hydrogen) atoms. The lowest BCUT2D eigenvalue weighted by molar-refractivity contribution is 0.0510. The van der Waals surface area contributed by atoms with Crippen LogP contribution in [0.4, 0.5) is 13.2 Å². The Hall–Kier alpha value is -2.16. The van der Waals surface area contributed by atoms with Crippen molar-refractivity contribution in [3.05, 3.63) is 52.0 Å². The van der Waals surface area contributed by atoms with Gasteiger partial charge in [-0.2, -0.15) is 0 Å². The fraction of sp³-hybridized carbons (Fsp3) is 0.312. The molecule has 2 aromatic rings. The van der Waals surface area contributed by atoms with Crippen LogP contribution in [0.15, 0.2) is 29.0 Å². The van der Waals surface area contributed by atoms with Crippen molar-refractivity contribution in [2.75, 3.05) is 13.1 Å². The number of hydrogen-bond acceptors (Lipinski definition) is 4. The van der Waals surface area contributed by atoms with Crippen LogP contribution in [0.1, 0.15) is 23.2 Å². The van der Waals surface area contributed by atoms with Crippen molar-refractivity contribution in [1.29, 1.82) is 0 Å².